The normalized spacial score (nSPS) is 14.6. The Labute approximate surface area is 183 Å². The van der Waals surface area contributed by atoms with E-state index in [1.807, 2.05) is 23.1 Å². The van der Waals surface area contributed by atoms with Gasteiger partial charge in [-0.3, -0.25) is 4.68 Å². The molecule has 0 saturated carbocycles. The van der Waals surface area contributed by atoms with Crippen molar-refractivity contribution in [3.8, 4) is 34.0 Å². The van der Waals surface area contributed by atoms with Gasteiger partial charge in [0.05, 0.1) is 24.9 Å². The fraction of sp³-hybridized carbons (Fsp3) is 0.286. The summed E-state index contributed by atoms with van der Waals surface area (Å²) in [4.78, 5) is 4.34. The minimum atomic E-state index is -0.438. The smallest absolute Gasteiger partial charge is 0.190 e. The molecule has 10 nitrogen and oxygen atoms in total. The van der Waals surface area contributed by atoms with Crippen molar-refractivity contribution in [3.63, 3.8) is 0 Å². The van der Waals surface area contributed by atoms with E-state index in [0.717, 1.165) is 37.1 Å². The zero-order valence-electron chi connectivity index (χ0n) is 17.4. The number of hydrogen-bond acceptors (Lipinski definition) is 8. The molecule has 11 heteroatoms. The van der Waals surface area contributed by atoms with Crippen molar-refractivity contribution in [1.29, 1.82) is 0 Å². The van der Waals surface area contributed by atoms with E-state index in [1.54, 1.807) is 6.20 Å². The van der Waals surface area contributed by atoms with Gasteiger partial charge in [-0.15, -0.1) is 5.10 Å². The Bertz CT molecular complexity index is 1250. The molecule has 4 heterocycles. The maximum absolute atomic E-state index is 13.9. The molecule has 0 aliphatic carbocycles. The van der Waals surface area contributed by atoms with E-state index in [4.69, 9.17) is 10.5 Å². The molecule has 1 aliphatic rings. The molecular formula is C21H22FN9O. The third-order valence-corrected chi connectivity index (χ3v) is 5.62. The van der Waals surface area contributed by atoms with Gasteiger partial charge in [-0.05, 0) is 54.6 Å². The van der Waals surface area contributed by atoms with E-state index in [2.05, 4.69) is 30.9 Å². The Morgan fingerprint density at radius 1 is 1.16 bits per heavy atom. The molecular weight excluding hydrogens is 413 g/mol. The number of benzene rings is 1. The van der Waals surface area contributed by atoms with E-state index < -0.39 is 5.82 Å². The molecule has 3 N–H and O–H groups in total. The van der Waals surface area contributed by atoms with Crippen molar-refractivity contribution in [2.75, 3.05) is 25.9 Å². The van der Waals surface area contributed by atoms with Crippen LogP contribution in [0.25, 0.3) is 28.2 Å². The summed E-state index contributed by atoms with van der Waals surface area (Å²) in [7, 11) is 1.50. The van der Waals surface area contributed by atoms with Crippen molar-refractivity contribution >= 4 is 5.82 Å². The van der Waals surface area contributed by atoms with Crippen LogP contribution in [0.1, 0.15) is 18.9 Å². The Morgan fingerprint density at radius 2 is 2.00 bits per heavy atom. The monoisotopic (exact) mass is 435 g/mol. The summed E-state index contributed by atoms with van der Waals surface area (Å²) < 4.78 is 22.7. The van der Waals surface area contributed by atoms with Gasteiger partial charge in [0.25, 0.3) is 0 Å². The summed E-state index contributed by atoms with van der Waals surface area (Å²) in [6.45, 7) is 1.97. The number of nitrogens with zero attached hydrogens (tertiary/aromatic N) is 7. The molecule has 0 unspecified atom stereocenters. The molecule has 0 radical (unpaired) electrons. The predicted octanol–water partition coefficient (Wildman–Crippen LogP) is 2.24. The second-order valence-electron chi connectivity index (χ2n) is 7.58. The van der Waals surface area contributed by atoms with Crippen LogP contribution in [0.2, 0.25) is 0 Å². The standard InChI is InChI=1S/C21H22FN9O/c1-32-19-3-2-15(22)9-18(19)31-21(27-28-29-31)17-8-13(10-25-20(17)23)14-11-26-30(12-14)16-4-6-24-7-5-16/h2-3,8-12,16,24H,4-7H2,1H3,(H2,23,25). The number of methoxy groups -OCH3 is 1. The quantitative estimate of drug-likeness (QED) is 0.490. The lowest BCUT2D eigenvalue weighted by molar-refractivity contribution is 0.343. The van der Waals surface area contributed by atoms with Crippen LogP contribution in [0.4, 0.5) is 10.2 Å². The van der Waals surface area contributed by atoms with Gasteiger partial charge in [0, 0.05) is 29.6 Å². The van der Waals surface area contributed by atoms with Gasteiger partial charge in [-0.1, -0.05) is 0 Å². The van der Waals surface area contributed by atoms with Crippen LogP contribution in [0.5, 0.6) is 5.75 Å². The van der Waals surface area contributed by atoms with E-state index in [-0.39, 0.29) is 5.82 Å². The Kier molecular flexibility index (Phi) is 5.23. The zero-order chi connectivity index (χ0) is 22.1. The van der Waals surface area contributed by atoms with Crippen LogP contribution in [0.15, 0.2) is 42.9 Å². The Balaban J connectivity index is 1.54. The van der Waals surface area contributed by atoms with Crippen LogP contribution in [0.3, 0.4) is 0 Å². The first-order chi connectivity index (χ1) is 15.6. The molecule has 1 saturated heterocycles. The lowest BCUT2D eigenvalue weighted by atomic mass is 10.1. The largest absolute Gasteiger partial charge is 0.494 e. The topological polar surface area (TPSA) is 122 Å². The van der Waals surface area contributed by atoms with Crippen LogP contribution in [0, 0.1) is 5.82 Å². The first-order valence-electron chi connectivity index (χ1n) is 10.3. The minimum Gasteiger partial charge on any atom is -0.494 e. The SMILES string of the molecule is COc1ccc(F)cc1-n1nnnc1-c1cc(-c2cnn(C3CCNCC3)c2)cnc1N. The fourth-order valence-corrected chi connectivity index (χ4v) is 3.92. The average Bonchev–Trinajstić information content (AvgIpc) is 3.50. The van der Waals surface area contributed by atoms with Crippen LogP contribution < -0.4 is 15.8 Å². The second kappa shape index (κ2) is 8.35. The lowest BCUT2D eigenvalue weighted by Gasteiger charge is -2.22. The number of aromatic nitrogens is 7. The maximum atomic E-state index is 13.9. The summed E-state index contributed by atoms with van der Waals surface area (Å²) in [6.07, 6.45) is 7.61. The van der Waals surface area contributed by atoms with Gasteiger partial charge in [0.15, 0.2) is 5.82 Å². The fourth-order valence-electron chi connectivity index (χ4n) is 3.92. The Morgan fingerprint density at radius 3 is 2.81 bits per heavy atom. The summed E-state index contributed by atoms with van der Waals surface area (Å²) in [5, 5.41) is 19.8. The summed E-state index contributed by atoms with van der Waals surface area (Å²) in [6, 6.07) is 6.36. The van der Waals surface area contributed by atoms with Crippen molar-refractivity contribution in [3.05, 3.63) is 48.7 Å². The third kappa shape index (κ3) is 3.66. The summed E-state index contributed by atoms with van der Waals surface area (Å²) in [5.41, 5.74) is 8.80. The number of nitrogen functional groups attached to an aromatic ring is 1. The van der Waals surface area contributed by atoms with E-state index in [1.165, 1.54) is 30.0 Å². The van der Waals surface area contributed by atoms with E-state index >= 15 is 0 Å². The molecule has 164 valence electrons. The average molecular weight is 435 g/mol. The molecule has 1 fully saturated rings. The number of hydrogen-bond donors (Lipinski definition) is 2. The van der Waals surface area contributed by atoms with E-state index in [0.29, 0.717) is 28.9 Å². The van der Waals surface area contributed by atoms with Gasteiger partial charge >= 0.3 is 0 Å². The highest BCUT2D eigenvalue weighted by Crippen LogP contribution is 2.32. The predicted molar refractivity (Wildman–Crippen MR) is 116 cm³/mol. The molecule has 3 aromatic heterocycles. The molecule has 5 rings (SSSR count). The number of halogens is 1. The highest BCUT2D eigenvalue weighted by molar-refractivity contribution is 5.76. The summed E-state index contributed by atoms with van der Waals surface area (Å²) >= 11 is 0. The number of tetrazole rings is 1. The molecule has 0 bridgehead atoms. The highest BCUT2D eigenvalue weighted by atomic mass is 19.1. The van der Waals surface area contributed by atoms with Gasteiger partial charge < -0.3 is 15.8 Å². The number of anilines is 1. The number of rotatable bonds is 5. The molecule has 0 spiro atoms. The number of pyridine rings is 1. The minimum absolute atomic E-state index is 0.255. The molecule has 1 aliphatic heterocycles. The Hall–Kier alpha value is -3.86. The van der Waals surface area contributed by atoms with Crippen LogP contribution >= 0.6 is 0 Å². The molecule has 4 aromatic rings. The third-order valence-electron chi connectivity index (χ3n) is 5.62. The van der Waals surface area contributed by atoms with Crippen molar-refractivity contribution in [2.45, 2.75) is 18.9 Å². The van der Waals surface area contributed by atoms with Crippen LogP contribution in [-0.4, -0.2) is 55.2 Å². The number of piperidine rings is 1. The maximum Gasteiger partial charge on any atom is 0.190 e. The highest BCUT2D eigenvalue weighted by Gasteiger charge is 2.20. The van der Waals surface area contributed by atoms with E-state index in [9.17, 15) is 4.39 Å². The number of ether oxygens (including phenoxy) is 1. The molecule has 1 aromatic carbocycles. The van der Waals surface area contributed by atoms with Gasteiger partial charge in [-0.2, -0.15) is 9.78 Å². The first-order valence-corrected chi connectivity index (χ1v) is 10.3. The van der Waals surface area contributed by atoms with Crippen molar-refractivity contribution in [1.82, 2.24) is 40.3 Å². The number of nitrogens with one attached hydrogen (secondary N) is 1. The second-order valence-corrected chi connectivity index (χ2v) is 7.58. The lowest BCUT2D eigenvalue weighted by Crippen LogP contribution is -2.29. The van der Waals surface area contributed by atoms with Crippen molar-refractivity contribution < 1.29 is 9.13 Å². The molecule has 32 heavy (non-hydrogen) atoms. The number of nitrogens with two attached hydrogens (primary N) is 1. The summed E-state index contributed by atoms with van der Waals surface area (Å²) in [5.74, 6) is 0.565. The molecule has 0 amide bonds. The van der Waals surface area contributed by atoms with Gasteiger partial charge in [0.2, 0.25) is 0 Å². The van der Waals surface area contributed by atoms with Gasteiger partial charge in [-0.25, -0.2) is 9.37 Å². The molecule has 0 atom stereocenters. The van der Waals surface area contributed by atoms with Gasteiger partial charge in [0.1, 0.15) is 23.1 Å². The zero-order valence-corrected chi connectivity index (χ0v) is 17.4. The van der Waals surface area contributed by atoms with Crippen LogP contribution in [-0.2, 0) is 0 Å². The first kappa shape index (κ1) is 20.1. The van der Waals surface area contributed by atoms with Crippen molar-refractivity contribution in [2.24, 2.45) is 0 Å².